The summed E-state index contributed by atoms with van der Waals surface area (Å²) in [4.78, 5) is 8.40. The molecule has 1 aliphatic rings. The zero-order valence-electron chi connectivity index (χ0n) is 18.6. The highest BCUT2D eigenvalue weighted by molar-refractivity contribution is 5.84. The number of methoxy groups -OCH3 is 1. The Bertz CT molecular complexity index is 1190. The number of aliphatic hydroxyl groups is 1. The first-order chi connectivity index (χ1) is 15.7. The Kier molecular flexibility index (Phi) is 6.06. The number of piperazine rings is 1. The number of hydrogen-bond donors (Lipinski definition) is 2. The van der Waals surface area contributed by atoms with E-state index >= 15 is 0 Å². The standard InChI is InChI=1S/C26H31N3O3/c1-31-22-6-7-25-24(16-22)19(17-27-25)4-2-3-9-28-10-12-29(13-11-28)21-5-8-26-20(14-21)15-23(18-30)32-26/h5-8,14-17,27,30H,2-4,9-13,18H2,1H3. The molecule has 0 spiro atoms. The summed E-state index contributed by atoms with van der Waals surface area (Å²) in [5.41, 5.74) is 4.63. The van der Waals surface area contributed by atoms with Gasteiger partial charge in [0.15, 0.2) is 0 Å². The molecule has 1 saturated heterocycles. The van der Waals surface area contributed by atoms with Crippen LogP contribution in [-0.2, 0) is 13.0 Å². The molecule has 0 amide bonds. The number of hydrogen-bond acceptors (Lipinski definition) is 5. The van der Waals surface area contributed by atoms with Crippen LogP contribution in [0.15, 0.2) is 53.1 Å². The number of rotatable bonds is 8. The van der Waals surface area contributed by atoms with Crippen molar-refractivity contribution in [2.45, 2.75) is 25.9 Å². The molecule has 0 aliphatic carbocycles. The summed E-state index contributed by atoms with van der Waals surface area (Å²) < 4.78 is 11.0. The number of nitrogens with zero attached hydrogens (tertiary/aromatic N) is 2. The molecule has 1 fully saturated rings. The number of aryl methyl sites for hydroxylation is 1. The second-order valence-corrected chi connectivity index (χ2v) is 8.60. The van der Waals surface area contributed by atoms with E-state index in [4.69, 9.17) is 9.15 Å². The Morgan fingerprint density at radius 1 is 1.03 bits per heavy atom. The first kappa shape index (κ1) is 20.9. The summed E-state index contributed by atoms with van der Waals surface area (Å²) in [6, 6.07) is 14.5. The van der Waals surface area contributed by atoms with Gasteiger partial charge in [0.2, 0.25) is 0 Å². The molecule has 1 aliphatic heterocycles. The number of anilines is 1. The van der Waals surface area contributed by atoms with Crippen molar-refractivity contribution in [1.82, 2.24) is 9.88 Å². The van der Waals surface area contributed by atoms with Crippen molar-refractivity contribution in [3.63, 3.8) is 0 Å². The summed E-state index contributed by atoms with van der Waals surface area (Å²) in [6.07, 6.45) is 5.63. The van der Waals surface area contributed by atoms with Crippen LogP contribution < -0.4 is 9.64 Å². The number of benzene rings is 2. The average Bonchev–Trinajstić information content (AvgIpc) is 3.45. The van der Waals surface area contributed by atoms with Crippen LogP contribution in [0.3, 0.4) is 0 Å². The lowest BCUT2D eigenvalue weighted by Gasteiger charge is -2.36. The van der Waals surface area contributed by atoms with Gasteiger partial charge in [-0.2, -0.15) is 0 Å². The third-order valence-corrected chi connectivity index (χ3v) is 6.59. The number of aliphatic hydroxyl groups excluding tert-OH is 1. The molecule has 32 heavy (non-hydrogen) atoms. The molecule has 168 valence electrons. The van der Waals surface area contributed by atoms with Crippen LogP contribution in [0.5, 0.6) is 5.75 Å². The van der Waals surface area contributed by atoms with Gasteiger partial charge in [0.1, 0.15) is 23.7 Å². The van der Waals surface area contributed by atoms with Crippen molar-refractivity contribution in [3.8, 4) is 5.75 Å². The molecule has 0 bridgehead atoms. The Morgan fingerprint density at radius 2 is 1.91 bits per heavy atom. The first-order valence-electron chi connectivity index (χ1n) is 11.5. The van der Waals surface area contributed by atoms with E-state index in [9.17, 15) is 5.11 Å². The van der Waals surface area contributed by atoms with Crippen LogP contribution in [0.25, 0.3) is 21.9 Å². The Labute approximate surface area is 188 Å². The van der Waals surface area contributed by atoms with Gasteiger partial charge in [-0.05, 0) is 73.8 Å². The summed E-state index contributed by atoms with van der Waals surface area (Å²) in [7, 11) is 1.72. The largest absolute Gasteiger partial charge is 0.497 e. The highest BCUT2D eigenvalue weighted by atomic mass is 16.5. The van der Waals surface area contributed by atoms with Gasteiger partial charge in [0.05, 0.1) is 7.11 Å². The molecule has 0 radical (unpaired) electrons. The minimum atomic E-state index is -0.0583. The summed E-state index contributed by atoms with van der Waals surface area (Å²) >= 11 is 0. The predicted octanol–water partition coefficient (Wildman–Crippen LogP) is 4.56. The van der Waals surface area contributed by atoms with Gasteiger partial charge in [-0.1, -0.05) is 0 Å². The minimum Gasteiger partial charge on any atom is -0.497 e. The van der Waals surface area contributed by atoms with E-state index in [2.05, 4.69) is 45.2 Å². The zero-order valence-corrected chi connectivity index (χ0v) is 18.6. The van der Waals surface area contributed by atoms with Gasteiger partial charge < -0.3 is 24.1 Å². The Balaban J connectivity index is 1.09. The molecule has 0 saturated carbocycles. The molecule has 4 aromatic rings. The normalized spacial score (nSPS) is 15.1. The van der Waals surface area contributed by atoms with Crippen molar-refractivity contribution in [3.05, 3.63) is 60.0 Å². The molecule has 6 nitrogen and oxygen atoms in total. The monoisotopic (exact) mass is 433 g/mol. The zero-order chi connectivity index (χ0) is 21.9. The third kappa shape index (κ3) is 4.33. The van der Waals surface area contributed by atoms with Crippen molar-refractivity contribution in [2.75, 3.05) is 44.7 Å². The number of nitrogens with one attached hydrogen (secondary N) is 1. The van der Waals surface area contributed by atoms with Gasteiger partial charge in [-0.25, -0.2) is 0 Å². The first-order valence-corrected chi connectivity index (χ1v) is 11.5. The van der Waals surface area contributed by atoms with Gasteiger partial charge in [0, 0.05) is 54.4 Å². The summed E-state index contributed by atoms with van der Waals surface area (Å²) in [5.74, 6) is 1.53. The quantitative estimate of drug-likeness (QED) is 0.399. The Morgan fingerprint density at radius 3 is 2.72 bits per heavy atom. The van der Waals surface area contributed by atoms with E-state index in [-0.39, 0.29) is 6.61 Å². The molecule has 2 aromatic heterocycles. The fourth-order valence-corrected chi connectivity index (χ4v) is 4.73. The number of aromatic amines is 1. The van der Waals surface area contributed by atoms with E-state index in [0.29, 0.717) is 5.76 Å². The van der Waals surface area contributed by atoms with Crippen LogP contribution in [0, 0.1) is 0 Å². The van der Waals surface area contributed by atoms with E-state index in [1.165, 1.54) is 35.0 Å². The van der Waals surface area contributed by atoms with Gasteiger partial charge in [0.25, 0.3) is 0 Å². The van der Waals surface area contributed by atoms with Crippen LogP contribution in [0.4, 0.5) is 5.69 Å². The molecule has 0 unspecified atom stereocenters. The van der Waals surface area contributed by atoms with E-state index in [1.54, 1.807) is 7.11 Å². The van der Waals surface area contributed by atoms with Gasteiger partial charge >= 0.3 is 0 Å². The molecule has 2 N–H and O–H groups in total. The van der Waals surface area contributed by atoms with Crippen molar-refractivity contribution in [2.24, 2.45) is 0 Å². The van der Waals surface area contributed by atoms with Crippen LogP contribution in [0.1, 0.15) is 24.2 Å². The third-order valence-electron chi connectivity index (χ3n) is 6.59. The van der Waals surface area contributed by atoms with Crippen molar-refractivity contribution in [1.29, 1.82) is 0 Å². The maximum Gasteiger partial charge on any atom is 0.134 e. The number of aromatic nitrogens is 1. The second kappa shape index (κ2) is 9.27. The number of fused-ring (bicyclic) bond motifs is 2. The fraction of sp³-hybridized carbons (Fsp3) is 0.385. The highest BCUT2D eigenvalue weighted by Gasteiger charge is 2.17. The van der Waals surface area contributed by atoms with Gasteiger partial charge in [-0.15, -0.1) is 0 Å². The summed E-state index contributed by atoms with van der Waals surface area (Å²) in [5, 5.41) is 11.6. The van der Waals surface area contributed by atoms with Crippen molar-refractivity contribution >= 4 is 27.6 Å². The number of furan rings is 1. The van der Waals surface area contributed by atoms with E-state index in [0.717, 1.165) is 55.9 Å². The maximum absolute atomic E-state index is 9.28. The van der Waals surface area contributed by atoms with E-state index in [1.807, 2.05) is 18.2 Å². The maximum atomic E-state index is 9.28. The van der Waals surface area contributed by atoms with Gasteiger partial charge in [-0.3, -0.25) is 4.90 Å². The number of H-pyrrole nitrogens is 1. The molecule has 0 atom stereocenters. The topological polar surface area (TPSA) is 64.9 Å². The average molecular weight is 434 g/mol. The number of ether oxygens (including phenoxy) is 1. The second-order valence-electron chi connectivity index (χ2n) is 8.60. The fourth-order valence-electron chi connectivity index (χ4n) is 4.73. The molecular weight excluding hydrogens is 402 g/mol. The highest BCUT2D eigenvalue weighted by Crippen LogP contribution is 2.27. The van der Waals surface area contributed by atoms with Crippen molar-refractivity contribution < 1.29 is 14.3 Å². The van der Waals surface area contributed by atoms with Crippen LogP contribution >= 0.6 is 0 Å². The summed E-state index contributed by atoms with van der Waals surface area (Å²) in [6.45, 7) is 5.36. The van der Waals surface area contributed by atoms with E-state index < -0.39 is 0 Å². The lowest BCUT2D eigenvalue weighted by Crippen LogP contribution is -2.46. The molecular formula is C26H31N3O3. The molecule has 3 heterocycles. The van der Waals surface area contributed by atoms with Crippen LogP contribution in [0.2, 0.25) is 0 Å². The molecule has 5 rings (SSSR count). The SMILES string of the molecule is COc1ccc2[nH]cc(CCCCN3CCN(c4ccc5oc(CO)cc5c4)CC3)c2c1. The Hall–Kier alpha value is -2.96. The minimum absolute atomic E-state index is 0.0583. The predicted molar refractivity (Wildman–Crippen MR) is 129 cm³/mol. The smallest absolute Gasteiger partial charge is 0.134 e. The number of unbranched alkanes of at least 4 members (excludes halogenated alkanes) is 1. The van der Waals surface area contributed by atoms with Crippen LogP contribution in [-0.4, -0.2) is 54.8 Å². The molecule has 2 aromatic carbocycles. The molecule has 6 heteroatoms. The lowest BCUT2D eigenvalue weighted by molar-refractivity contribution is 0.251. The lowest BCUT2D eigenvalue weighted by atomic mass is 10.1.